The number of amides is 1. The van der Waals surface area contributed by atoms with Crippen molar-refractivity contribution in [3.8, 4) is 0 Å². The molecule has 0 aromatic heterocycles. The van der Waals surface area contributed by atoms with Gasteiger partial charge in [0.25, 0.3) is 5.91 Å². The average molecular weight is 481 g/mol. The fourth-order valence-corrected chi connectivity index (χ4v) is 3.41. The van der Waals surface area contributed by atoms with Crippen molar-refractivity contribution >= 4 is 28.9 Å². The number of aliphatic hydroxyl groups is 1. The number of hydrogen-bond acceptors (Lipinski definition) is 7. The molecular formula is C23H26F3N3O5. The maximum atomic E-state index is 13.3. The van der Waals surface area contributed by atoms with Gasteiger partial charge in [0.05, 0.1) is 42.3 Å². The number of rotatable bonds is 8. The minimum Gasteiger partial charge on any atom is -0.449 e. The summed E-state index contributed by atoms with van der Waals surface area (Å²) in [5.41, 5.74) is 0.0509. The number of carbonyl (C=O) groups is 2. The summed E-state index contributed by atoms with van der Waals surface area (Å²) >= 11 is 0. The van der Waals surface area contributed by atoms with E-state index in [-0.39, 0.29) is 24.4 Å². The second-order valence-corrected chi connectivity index (χ2v) is 7.56. The smallest absolute Gasteiger partial charge is 0.416 e. The lowest BCUT2D eigenvalue weighted by atomic mass is 10.1. The van der Waals surface area contributed by atoms with E-state index in [1.54, 1.807) is 18.2 Å². The van der Waals surface area contributed by atoms with Crippen LogP contribution >= 0.6 is 0 Å². The molecule has 1 heterocycles. The van der Waals surface area contributed by atoms with Gasteiger partial charge >= 0.3 is 12.1 Å². The van der Waals surface area contributed by atoms with Gasteiger partial charge in [-0.15, -0.1) is 0 Å². The van der Waals surface area contributed by atoms with Crippen LogP contribution in [0.5, 0.6) is 0 Å². The summed E-state index contributed by atoms with van der Waals surface area (Å²) in [6, 6.07) is 9.55. The molecule has 0 bridgehead atoms. The standard InChI is InChI=1S/C23H26F3N3O5/c1-15(34-22(32)17-4-2-3-5-18(17)27-8-11-30)21(31)28-19-14-16(23(24,25)26)6-7-20(19)29-9-12-33-13-10-29/h2-7,14-15,27,30H,8-13H2,1H3,(H,28,31). The van der Waals surface area contributed by atoms with Gasteiger partial charge in [0.15, 0.2) is 6.10 Å². The second kappa shape index (κ2) is 11.2. The van der Waals surface area contributed by atoms with Crippen molar-refractivity contribution in [2.75, 3.05) is 55.0 Å². The first-order valence-electron chi connectivity index (χ1n) is 10.7. The van der Waals surface area contributed by atoms with Crippen molar-refractivity contribution in [1.29, 1.82) is 0 Å². The van der Waals surface area contributed by atoms with Crippen molar-refractivity contribution in [1.82, 2.24) is 0 Å². The summed E-state index contributed by atoms with van der Waals surface area (Å²) in [4.78, 5) is 27.2. The molecule has 1 saturated heterocycles. The van der Waals surface area contributed by atoms with Gasteiger partial charge in [0.1, 0.15) is 0 Å². The molecule has 3 rings (SSSR count). The molecule has 1 fully saturated rings. The number of esters is 1. The molecule has 1 atom stereocenters. The molecule has 2 aromatic carbocycles. The zero-order chi connectivity index (χ0) is 24.7. The molecule has 11 heteroatoms. The van der Waals surface area contributed by atoms with Gasteiger partial charge in [0, 0.05) is 25.3 Å². The molecule has 0 aliphatic carbocycles. The van der Waals surface area contributed by atoms with Crippen LogP contribution in [0.25, 0.3) is 0 Å². The Kier molecular flexibility index (Phi) is 8.35. The van der Waals surface area contributed by atoms with Crippen LogP contribution in [0.2, 0.25) is 0 Å². The Morgan fingerprint density at radius 1 is 1.15 bits per heavy atom. The van der Waals surface area contributed by atoms with E-state index >= 15 is 0 Å². The monoisotopic (exact) mass is 481 g/mol. The zero-order valence-corrected chi connectivity index (χ0v) is 18.5. The highest BCUT2D eigenvalue weighted by Crippen LogP contribution is 2.36. The van der Waals surface area contributed by atoms with E-state index in [2.05, 4.69) is 10.6 Å². The molecule has 1 aliphatic rings. The largest absolute Gasteiger partial charge is 0.449 e. The predicted octanol–water partition coefficient (Wildman–Crippen LogP) is 3.13. The molecule has 0 radical (unpaired) electrons. The van der Waals surface area contributed by atoms with Crippen LogP contribution in [0.15, 0.2) is 42.5 Å². The first-order chi connectivity index (χ1) is 16.2. The Labute approximate surface area is 194 Å². The molecule has 3 N–H and O–H groups in total. The third-order valence-corrected chi connectivity index (χ3v) is 5.16. The molecule has 184 valence electrons. The third-order valence-electron chi connectivity index (χ3n) is 5.16. The SMILES string of the molecule is CC(OC(=O)c1ccccc1NCCO)C(=O)Nc1cc(C(F)(F)F)ccc1N1CCOCC1. The van der Waals surface area contributed by atoms with E-state index in [0.29, 0.717) is 37.7 Å². The lowest BCUT2D eigenvalue weighted by molar-refractivity contribution is -0.137. The number of nitrogens with zero attached hydrogens (tertiary/aromatic N) is 1. The number of alkyl halides is 3. The van der Waals surface area contributed by atoms with Crippen LogP contribution < -0.4 is 15.5 Å². The van der Waals surface area contributed by atoms with E-state index < -0.39 is 29.7 Å². The van der Waals surface area contributed by atoms with Crippen LogP contribution in [-0.2, 0) is 20.4 Å². The number of morpholine rings is 1. The molecule has 1 unspecified atom stereocenters. The number of hydrogen-bond donors (Lipinski definition) is 3. The van der Waals surface area contributed by atoms with E-state index in [4.69, 9.17) is 14.6 Å². The van der Waals surface area contributed by atoms with Gasteiger partial charge < -0.3 is 30.1 Å². The first-order valence-corrected chi connectivity index (χ1v) is 10.7. The molecule has 2 aromatic rings. The molecule has 1 amide bonds. The number of ether oxygens (including phenoxy) is 2. The van der Waals surface area contributed by atoms with Crippen LogP contribution in [0.3, 0.4) is 0 Å². The maximum absolute atomic E-state index is 13.3. The second-order valence-electron chi connectivity index (χ2n) is 7.56. The van der Waals surface area contributed by atoms with E-state index in [0.717, 1.165) is 12.1 Å². The summed E-state index contributed by atoms with van der Waals surface area (Å²) in [7, 11) is 0. The number of halogens is 3. The maximum Gasteiger partial charge on any atom is 0.416 e. The zero-order valence-electron chi connectivity index (χ0n) is 18.5. The molecular weight excluding hydrogens is 455 g/mol. The number of aliphatic hydroxyl groups excluding tert-OH is 1. The highest BCUT2D eigenvalue weighted by molar-refractivity contribution is 6.01. The van der Waals surface area contributed by atoms with Gasteiger partial charge in [-0.25, -0.2) is 4.79 Å². The molecule has 0 spiro atoms. The van der Waals surface area contributed by atoms with E-state index in [1.807, 2.05) is 4.90 Å². The van der Waals surface area contributed by atoms with E-state index in [1.165, 1.54) is 19.1 Å². The van der Waals surface area contributed by atoms with Gasteiger partial charge in [-0.3, -0.25) is 4.79 Å². The Balaban J connectivity index is 1.77. The normalized spacial score (nSPS) is 14.9. The number of nitrogens with one attached hydrogen (secondary N) is 2. The van der Waals surface area contributed by atoms with Crippen LogP contribution in [0, 0.1) is 0 Å². The Morgan fingerprint density at radius 2 is 1.85 bits per heavy atom. The Morgan fingerprint density at radius 3 is 2.53 bits per heavy atom. The Hall–Kier alpha value is -3.31. The lowest BCUT2D eigenvalue weighted by Gasteiger charge is -2.31. The average Bonchev–Trinajstić information content (AvgIpc) is 2.82. The minimum absolute atomic E-state index is 0.0327. The topological polar surface area (TPSA) is 100 Å². The molecule has 34 heavy (non-hydrogen) atoms. The fraction of sp³-hybridized carbons (Fsp3) is 0.391. The van der Waals surface area contributed by atoms with Gasteiger partial charge in [-0.1, -0.05) is 12.1 Å². The van der Waals surface area contributed by atoms with Crippen LogP contribution in [0.1, 0.15) is 22.8 Å². The van der Waals surface area contributed by atoms with Crippen molar-refractivity contribution in [2.24, 2.45) is 0 Å². The number of carbonyl (C=O) groups excluding carboxylic acids is 2. The summed E-state index contributed by atoms with van der Waals surface area (Å²) < 4.78 is 50.4. The van der Waals surface area contributed by atoms with Crippen molar-refractivity contribution in [3.63, 3.8) is 0 Å². The van der Waals surface area contributed by atoms with Crippen molar-refractivity contribution < 1.29 is 37.3 Å². The number of para-hydroxylation sites is 1. The van der Waals surface area contributed by atoms with Crippen molar-refractivity contribution in [3.05, 3.63) is 53.6 Å². The van der Waals surface area contributed by atoms with Crippen molar-refractivity contribution in [2.45, 2.75) is 19.2 Å². The minimum atomic E-state index is -4.59. The summed E-state index contributed by atoms with van der Waals surface area (Å²) in [5.74, 6) is -1.57. The third kappa shape index (κ3) is 6.39. The fourth-order valence-electron chi connectivity index (χ4n) is 3.41. The summed E-state index contributed by atoms with van der Waals surface area (Å²) in [6.07, 6.45) is -5.88. The van der Waals surface area contributed by atoms with Crippen LogP contribution in [0.4, 0.5) is 30.2 Å². The quantitative estimate of drug-likeness (QED) is 0.498. The van der Waals surface area contributed by atoms with Gasteiger partial charge in [-0.2, -0.15) is 13.2 Å². The van der Waals surface area contributed by atoms with Crippen LogP contribution in [-0.4, -0.2) is 62.5 Å². The number of benzene rings is 2. The van der Waals surface area contributed by atoms with E-state index in [9.17, 15) is 22.8 Å². The highest BCUT2D eigenvalue weighted by Gasteiger charge is 2.32. The Bertz CT molecular complexity index is 1010. The molecule has 0 saturated carbocycles. The molecule has 8 nitrogen and oxygen atoms in total. The van der Waals surface area contributed by atoms with Gasteiger partial charge in [-0.05, 0) is 37.3 Å². The van der Waals surface area contributed by atoms with Gasteiger partial charge in [0.2, 0.25) is 0 Å². The highest BCUT2D eigenvalue weighted by atomic mass is 19.4. The predicted molar refractivity (Wildman–Crippen MR) is 120 cm³/mol. The first kappa shape index (κ1) is 25.3. The summed E-state index contributed by atoms with van der Waals surface area (Å²) in [6.45, 7) is 3.12. The number of anilines is 3. The lowest BCUT2D eigenvalue weighted by Crippen LogP contribution is -2.37. The summed E-state index contributed by atoms with van der Waals surface area (Å²) in [5, 5.41) is 14.3. The molecule has 1 aliphatic heterocycles.